The van der Waals surface area contributed by atoms with Crippen molar-refractivity contribution in [3.05, 3.63) is 35.0 Å². The van der Waals surface area contributed by atoms with E-state index >= 15 is 0 Å². The second-order valence-corrected chi connectivity index (χ2v) is 7.05. The Morgan fingerprint density at radius 2 is 2.04 bits per heavy atom. The van der Waals surface area contributed by atoms with E-state index in [2.05, 4.69) is 5.32 Å². The molecule has 1 heterocycles. The van der Waals surface area contributed by atoms with Gasteiger partial charge >= 0.3 is 12.1 Å². The van der Waals surface area contributed by atoms with Crippen LogP contribution in [0, 0.1) is 0 Å². The highest BCUT2D eigenvalue weighted by Gasteiger charge is 2.25. The van der Waals surface area contributed by atoms with Crippen LogP contribution in [0.5, 0.6) is 0 Å². The molecule has 2 rings (SSSR count). The zero-order valence-corrected chi connectivity index (χ0v) is 14.8. The average Bonchev–Trinajstić information content (AvgIpc) is 2.73. The first-order chi connectivity index (χ1) is 11.1. The van der Waals surface area contributed by atoms with Gasteiger partial charge in [0.05, 0.1) is 10.5 Å². The van der Waals surface area contributed by atoms with Crippen LogP contribution in [0.25, 0.3) is 10.9 Å². The first-order valence-electron chi connectivity index (χ1n) is 7.53. The fourth-order valence-electron chi connectivity index (χ4n) is 2.53. The lowest BCUT2D eigenvalue weighted by Crippen LogP contribution is -2.44. The van der Waals surface area contributed by atoms with E-state index in [0.717, 1.165) is 16.5 Å². The molecule has 2 N–H and O–H groups in total. The molecule has 1 atom stereocenters. The van der Waals surface area contributed by atoms with Crippen LogP contribution in [0.15, 0.2) is 24.4 Å². The van der Waals surface area contributed by atoms with Crippen LogP contribution in [0.4, 0.5) is 4.79 Å². The number of nitrogens with one attached hydrogen (secondary N) is 1. The van der Waals surface area contributed by atoms with Gasteiger partial charge in [0, 0.05) is 25.1 Å². The van der Waals surface area contributed by atoms with E-state index in [1.807, 2.05) is 29.9 Å². The van der Waals surface area contributed by atoms with Crippen LogP contribution in [0.1, 0.15) is 26.3 Å². The van der Waals surface area contributed by atoms with Crippen molar-refractivity contribution in [1.29, 1.82) is 0 Å². The van der Waals surface area contributed by atoms with Crippen LogP contribution in [-0.4, -0.2) is 33.4 Å². The third-order valence-electron chi connectivity index (χ3n) is 3.45. The molecule has 0 bridgehead atoms. The van der Waals surface area contributed by atoms with E-state index in [1.54, 1.807) is 26.8 Å². The number of carboxylic acid groups (broad SMARTS) is 1. The van der Waals surface area contributed by atoms with Gasteiger partial charge in [-0.05, 0) is 32.4 Å². The van der Waals surface area contributed by atoms with Crippen molar-refractivity contribution in [2.24, 2.45) is 7.05 Å². The fourth-order valence-corrected chi connectivity index (χ4v) is 2.84. The molecular weight excluding hydrogens is 332 g/mol. The summed E-state index contributed by atoms with van der Waals surface area (Å²) in [4.78, 5) is 23.4. The number of hydrogen-bond acceptors (Lipinski definition) is 3. The molecular formula is C17H21ClN2O4. The summed E-state index contributed by atoms with van der Waals surface area (Å²) in [5.41, 5.74) is 0.925. The lowest BCUT2D eigenvalue weighted by atomic mass is 10.1. The molecule has 0 unspecified atom stereocenters. The molecule has 1 amide bonds. The van der Waals surface area contributed by atoms with Crippen LogP contribution >= 0.6 is 11.6 Å². The molecule has 6 nitrogen and oxygen atoms in total. The molecule has 2 aromatic rings. The van der Waals surface area contributed by atoms with Crippen molar-refractivity contribution < 1.29 is 19.4 Å². The third-order valence-corrected chi connectivity index (χ3v) is 3.75. The minimum atomic E-state index is -1.13. The summed E-state index contributed by atoms with van der Waals surface area (Å²) in [6, 6.07) is 4.37. The molecule has 0 saturated heterocycles. The smallest absolute Gasteiger partial charge is 0.408 e. The number of halogens is 1. The topological polar surface area (TPSA) is 80.6 Å². The Bertz CT molecular complexity index is 777. The van der Waals surface area contributed by atoms with Gasteiger partial charge in [-0.3, -0.25) is 0 Å². The van der Waals surface area contributed by atoms with Crippen LogP contribution in [0.2, 0.25) is 5.02 Å². The third kappa shape index (κ3) is 4.20. The van der Waals surface area contributed by atoms with Crippen molar-refractivity contribution >= 4 is 34.6 Å². The van der Waals surface area contributed by atoms with E-state index in [-0.39, 0.29) is 6.42 Å². The molecule has 0 radical (unpaired) electrons. The summed E-state index contributed by atoms with van der Waals surface area (Å²) < 4.78 is 6.97. The summed E-state index contributed by atoms with van der Waals surface area (Å²) >= 11 is 6.20. The zero-order valence-electron chi connectivity index (χ0n) is 14.1. The highest BCUT2D eigenvalue weighted by molar-refractivity contribution is 6.35. The van der Waals surface area contributed by atoms with Crippen LogP contribution in [-0.2, 0) is 23.0 Å². The average molecular weight is 353 g/mol. The number of aromatic nitrogens is 1. The molecule has 0 aliphatic heterocycles. The lowest BCUT2D eigenvalue weighted by Gasteiger charge is -2.22. The first kappa shape index (κ1) is 18.1. The maximum absolute atomic E-state index is 11.9. The lowest BCUT2D eigenvalue weighted by molar-refractivity contribution is -0.139. The number of para-hydroxylation sites is 1. The van der Waals surface area contributed by atoms with Gasteiger partial charge in [-0.2, -0.15) is 0 Å². The minimum absolute atomic E-state index is 0.131. The molecule has 24 heavy (non-hydrogen) atoms. The standard InChI is InChI=1S/C17H21ClN2O4/c1-17(2,3)24-16(23)19-13(15(21)22)8-10-9-20(4)14-11(10)6-5-7-12(14)18/h5-7,9,13H,8H2,1-4H3,(H,19,23)(H,21,22)/t13-/m0/s1. The van der Waals surface area contributed by atoms with E-state index in [1.165, 1.54) is 0 Å². The molecule has 7 heteroatoms. The van der Waals surface area contributed by atoms with Crippen molar-refractivity contribution in [3.8, 4) is 0 Å². The summed E-state index contributed by atoms with van der Waals surface area (Å²) in [7, 11) is 1.84. The predicted octanol–water partition coefficient (Wildman–Crippen LogP) is 3.35. The van der Waals surface area contributed by atoms with E-state index in [0.29, 0.717) is 5.02 Å². The Morgan fingerprint density at radius 1 is 1.38 bits per heavy atom. The second kappa shape index (κ2) is 6.73. The quantitative estimate of drug-likeness (QED) is 0.884. The largest absolute Gasteiger partial charge is 0.480 e. The number of amides is 1. The molecule has 0 fully saturated rings. The molecule has 1 aromatic heterocycles. The van der Waals surface area contributed by atoms with Gasteiger partial charge in [0.2, 0.25) is 0 Å². The Kier molecular flexibility index (Phi) is 5.08. The molecule has 0 spiro atoms. The van der Waals surface area contributed by atoms with Gasteiger partial charge < -0.3 is 19.7 Å². The number of hydrogen-bond donors (Lipinski definition) is 2. The highest BCUT2D eigenvalue weighted by atomic mass is 35.5. The first-order valence-corrected chi connectivity index (χ1v) is 7.91. The highest BCUT2D eigenvalue weighted by Crippen LogP contribution is 2.28. The monoisotopic (exact) mass is 352 g/mol. The SMILES string of the molecule is Cn1cc(C[C@H](NC(=O)OC(C)(C)C)C(=O)O)c2cccc(Cl)c21. The van der Waals surface area contributed by atoms with Crippen molar-refractivity contribution in [1.82, 2.24) is 9.88 Å². The molecule has 0 aliphatic rings. The van der Waals surface area contributed by atoms with Gasteiger partial charge in [0.1, 0.15) is 11.6 Å². The summed E-state index contributed by atoms with van der Waals surface area (Å²) in [6.07, 6.45) is 1.20. The van der Waals surface area contributed by atoms with Gasteiger partial charge in [0.25, 0.3) is 0 Å². The Balaban J connectivity index is 2.25. The number of carboxylic acids is 1. The maximum Gasteiger partial charge on any atom is 0.408 e. The number of aliphatic carboxylic acids is 1. The summed E-state index contributed by atoms with van der Waals surface area (Å²) in [6.45, 7) is 5.15. The van der Waals surface area contributed by atoms with Crippen molar-refractivity contribution in [2.45, 2.75) is 38.8 Å². The van der Waals surface area contributed by atoms with Gasteiger partial charge in [0.15, 0.2) is 0 Å². The number of benzene rings is 1. The Hall–Kier alpha value is -2.21. The Morgan fingerprint density at radius 3 is 2.62 bits per heavy atom. The van der Waals surface area contributed by atoms with Crippen molar-refractivity contribution in [2.75, 3.05) is 0 Å². The van der Waals surface area contributed by atoms with Gasteiger partial charge in [-0.1, -0.05) is 23.7 Å². The number of aryl methyl sites for hydroxylation is 1. The number of carbonyl (C=O) groups is 2. The van der Waals surface area contributed by atoms with E-state index in [4.69, 9.17) is 16.3 Å². The van der Waals surface area contributed by atoms with Crippen molar-refractivity contribution in [3.63, 3.8) is 0 Å². The number of alkyl carbamates (subject to hydrolysis) is 1. The van der Waals surface area contributed by atoms with Gasteiger partial charge in [-0.15, -0.1) is 0 Å². The number of carbonyl (C=O) groups excluding carboxylic acids is 1. The predicted molar refractivity (Wildman–Crippen MR) is 92.4 cm³/mol. The molecule has 0 saturated carbocycles. The summed E-state index contributed by atoms with van der Waals surface area (Å²) in [5, 5.41) is 13.3. The Labute approximate surface area is 145 Å². The fraction of sp³-hybridized carbons (Fsp3) is 0.412. The maximum atomic E-state index is 11.9. The summed E-state index contributed by atoms with van der Waals surface area (Å²) in [5.74, 6) is -1.13. The van der Waals surface area contributed by atoms with E-state index < -0.39 is 23.7 Å². The zero-order chi connectivity index (χ0) is 18.1. The number of ether oxygens (including phenoxy) is 1. The molecule has 0 aliphatic carbocycles. The van der Waals surface area contributed by atoms with Gasteiger partial charge in [-0.25, -0.2) is 9.59 Å². The second-order valence-electron chi connectivity index (χ2n) is 6.64. The number of nitrogens with zero attached hydrogens (tertiary/aromatic N) is 1. The number of fused-ring (bicyclic) bond motifs is 1. The normalized spacial score (nSPS) is 12.9. The van der Waals surface area contributed by atoms with Crippen LogP contribution in [0.3, 0.4) is 0 Å². The molecule has 130 valence electrons. The number of rotatable bonds is 4. The minimum Gasteiger partial charge on any atom is -0.480 e. The van der Waals surface area contributed by atoms with Crippen LogP contribution < -0.4 is 5.32 Å². The molecule has 1 aromatic carbocycles. The van der Waals surface area contributed by atoms with E-state index in [9.17, 15) is 14.7 Å².